The Bertz CT molecular complexity index is 361. The van der Waals surface area contributed by atoms with Crippen molar-refractivity contribution in [2.24, 2.45) is 0 Å². The third kappa shape index (κ3) is 1.98. The first-order valence-corrected chi connectivity index (χ1v) is 3.10. The molecule has 7 nitrogen and oxygen atoms in total. The third-order valence-corrected chi connectivity index (χ3v) is 1.19. The number of hydrogen-bond donors (Lipinski definition) is 1. The van der Waals surface area contributed by atoms with Crippen molar-refractivity contribution < 1.29 is 19.2 Å². The van der Waals surface area contributed by atoms with Crippen LogP contribution in [0.3, 0.4) is 0 Å². The van der Waals surface area contributed by atoms with Crippen LogP contribution in [0.2, 0.25) is 0 Å². The molecule has 0 radical (unpaired) electrons. The molecule has 0 saturated carbocycles. The number of carboxylic acid groups (broad SMARTS) is 1. The van der Waals surface area contributed by atoms with Gasteiger partial charge >= 0.3 is 17.6 Å². The van der Waals surface area contributed by atoms with Crippen LogP contribution in [0.1, 0.15) is 0 Å². The number of rotatable bonds is 3. The molecular weight excluding hydrogens is 185 g/mol. The monoisotopic (exact) mass is 189 g/mol. The van der Waals surface area contributed by atoms with Crippen molar-refractivity contribution in [1.29, 1.82) is 0 Å². The van der Waals surface area contributed by atoms with E-state index in [0.29, 0.717) is 4.68 Å². The van der Waals surface area contributed by atoms with Crippen molar-refractivity contribution in [2.75, 3.05) is 0 Å². The van der Waals surface area contributed by atoms with Gasteiger partial charge in [-0.05, 0) is 0 Å². The molecule has 0 fully saturated rings. The van der Waals surface area contributed by atoms with Crippen LogP contribution >= 0.6 is 0 Å². The summed E-state index contributed by atoms with van der Waals surface area (Å²) in [6.45, 7) is -0.606. The van der Waals surface area contributed by atoms with E-state index in [4.69, 9.17) is 5.11 Å². The molecule has 0 unspecified atom stereocenters. The van der Waals surface area contributed by atoms with Gasteiger partial charge in [0.2, 0.25) is 0 Å². The third-order valence-electron chi connectivity index (χ3n) is 1.19. The Labute approximate surface area is 70.5 Å². The Hall–Kier alpha value is -1.99. The zero-order valence-electron chi connectivity index (χ0n) is 6.18. The van der Waals surface area contributed by atoms with Crippen molar-refractivity contribution in [2.45, 2.75) is 6.54 Å². The molecule has 0 aliphatic carbocycles. The van der Waals surface area contributed by atoms with E-state index in [-0.39, 0.29) is 0 Å². The lowest BCUT2D eigenvalue weighted by atomic mass is 10.6. The molecule has 1 aromatic rings. The van der Waals surface area contributed by atoms with E-state index in [0.717, 1.165) is 6.20 Å². The van der Waals surface area contributed by atoms with E-state index in [1.165, 1.54) is 0 Å². The molecule has 0 aliphatic rings. The van der Waals surface area contributed by atoms with Gasteiger partial charge in [-0.25, -0.2) is 0 Å². The molecule has 0 amide bonds. The molecule has 8 heteroatoms. The van der Waals surface area contributed by atoms with E-state index < -0.39 is 29.1 Å². The van der Waals surface area contributed by atoms with Crippen molar-refractivity contribution in [3.8, 4) is 0 Å². The molecule has 0 spiro atoms. The Morgan fingerprint density at radius 3 is 2.85 bits per heavy atom. The summed E-state index contributed by atoms with van der Waals surface area (Å²) < 4.78 is 13.2. The maximum atomic E-state index is 12.5. The molecule has 1 aromatic heterocycles. The van der Waals surface area contributed by atoms with Gasteiger partial charge in [0, 0.05) is 0 Å². The number of hydrogen-bond acceptors (Lipinski definition) is 4. The summed E-state index contributed by atoms with van der Waals surface area (Å²) in [5.41, 5.74) is -0.832. The van der Waals surface area contributed by atoms with Crippen LogP contribution in [0.25, 0.3) is 0 Å². The number of nitrogens with zero attached hydrogens (tertiary/aromatic N) is 3. The zero-order valence-corrected chi connectivity index (χ0v) is 6.18. The number of aliphatic carboxylic acids is 1. The lowest BCUT2D eigenvalue weighted by Crippen LogP contribution is -2.09. The number of nitro groups is 1. The van der Waals surface area contributed by atoms with Crippen LogP contribution in [-0.2, 0) is 11.3 Å². The maximum Gasteiger partial charge on any atom is 0.343 e. The summed E-state index contributed by atoms with van der Waals surface area (Å²) in [5, 5.41) is 21.3. The second-order valence-corrected chi connectivity index (χ2v) is 2.15. The van der Waals surface area contributed by atoms with Gasteiger partial charge in [-0.1, -0.05) is 0 Å². The van der Waals surface area contributed by atoms with Crippen LogP contribution in [0.4, 0.5) is 10.1 Å². The summed E-state index contributed by atoms with van der Waals surface area (Å²) in [6, 6.07) is 0. The lowest BCUT2D eigenvalue weighted by Gasteiger charge is -1.90. The second kappa shape index (κ2) is 3.17. The van der Waals surface area contributed by atoms with Gasteiger partial charge in [-0.15, -0.1) is 5.10 Å². The fraction of sp³-hybridized carbons (Fsp3) is 0.200. The van der Waals surface area contributed by atoms with Crippen molar-refractivity contribution >= 4 is 11.7 Å². The summed E-state index contributed by atoms with van der Waals surface area (Å²) in [6.07, 6.45) is 0.726. The number of carbonyl (C=O) groups is 1. The minimum atomic E-state index is -1.29. The first-order chi connectivity index (χ1) is 6.00. The van der Waals surface area contributed by atoms with Crippen LogP contribution in [0.5, 0.6) is 0 Å². The molecule has 70 valence electrons. The largest absolute Gasteiger partial charge is 0.480 e. The zero-order chi connectivity index (χ0) is 10.0. The fourth-order valence-electron chi connectivity index (χ4n) is 0.729. The Balaban J connectivity index is 2.95. The highest BCUT2D eigenvalue weighted by Gasteiger charge is 2.19. The summed E-state index contributed by atoms with van der Waals surface area (Å²) >= 11 is 0. The van der Waals surface area contributed by atoms with Gasteiger partial charge in [0.1, 0.15) is 12.7 Å². The quantitative estimate of drug-likeness (QED) is 0.533. The van der Waals surface area contributed by atoms with Crippen molar-refractivity contribution in [1.82, 2.24) is 9.78 Å². The minimum Gasteiger partial charge on any atom is -0.480 e. The van der Waals surface area contributed by atoms with Crippen molar-refractivity contribution in [3.05, 3.63) is 22.3 Å². The van der Waals surface area contributed by atoms with E-state index in [1.807, 2.05) is 0 Å². The van der Waals surface area contributed by atoms with Crippen LogP contribution in [0, 0.1) is 16.1 Å². The molecule has 1 N–H and O–H groups in total. The van der Waals surface area contributed by atoms with Gasteiger partial charge in [0.05, 0.1) is 4.92 Å². The van der Waals surface area contributed by atoms with E-state index in [2.05, 4.69) is 5.10 Å². The molecule has 0 saturated heterocycles. The molecule has 1 rings (SSSR count). The fourth-order valence-corrected chi connectivity index (χ4v) is 0.729. The SMILES string of the molecule is O=C(O)Cn1cc([N+](=O)[O-])c(F)n1. The second-order valence-electron chi connectivity index (χ2n) is 2.15. The van der Waals surface area contributed by atoms with Gasteiger partial charge in [0.15, 0.2) is 0 Å². The maximum absolute atomic E-state index is 12.5. The molecule has 0 aliphatic heterocycles. The van der Waals surface area contributed by atoms with Gasteiger partial charge < -0.3 is 5.11 Å². The van der Waals surface area contributed by atoms with Gasteiger partial charge in [-0.3, -0.25) is 19.6 Å². The first kappa shape index (κ1) is 9.10. The number of carboxylic acids is 1. The summed E-state index contributed by atoms with van der Waals surface area (Å²) in [4.78, 5) is 19.2. The van der Waals surface area contributed by atoms with E-state index in [1.54, 1.807) is 0 Å². The van der Waals surface area contributed by atoms with Gasteiger partial charge in [0.25, 0.3) is 0 Å². The smallest absolute Gasteiger partial charge is 0.343 e. The lowest BCUT2D eigenvalue weighted by molar-refractivity contribution is -0.387. The predicted molar refractivity (Wildman–Crippen MR) is 36.5 cm³/mol. The molecule has 0 atom stereocenters. The Morgan fingerprint density at radius 2 is 2.46 bits per heavy atom. The van der Waals surface area contributed by atoms with E-state index >= 15 is 0 Å². The minimum absolute atomic E-state index is 0.606. The van der Waals surface area contributed by atoms with Gasteiger partial charge in [-0.2, -0.15) is 4.39 Å². The Kier molecular flexibility index (Phi) is 2.22. The number of aromatic nitrogens is 2. The average molecular weight is 189 g/mol. The van der Waals surface area contributed by atoms with E-state index in [9.17, 15) is 19.3 Å². The summed E-state index contributed by atoms with van der Waals surface area (Å²) in [7, 11) is 0. The molecule has 13 heavy (non-hydrogen) atoms. The predicted octanol–water partition coefficient (Wildman–Crippen LogP) is 0.0150. The Morgan fingerprint density at radius 1 is 1.85 bits per heavy atom. The highest BCUT2D eigenvalue weighted by Crippen LogP contribution is 2.13. The normalized spacial score (nSPS) is 9.92. The molecule has 1 heterocycles. The molecule has 0 aromatic carbocycles. The van der Waals surface area contributed by atoms with Crippen LogP contribution in [0.15, 0.2) is 6.20 Å². The average Bonchev–Trinajstić information content (AvgIpc) is 2.29. The van der Waals surface area contributed by atoms with Crippen LogP contribution in [-0.4, -0.2) is 25.8 Å². The molecule has 0 bridgehead atoms. The summed E-state index contributed by atoms with van der Waals surface area (Å²) in [5.74, 6) is -2.54. The standard InChI is InChI=1S/C5H4FN3O4/c6-5-3(9(12)13)1-8(7-5)2-4(10)11/h1H,2H2,(H,10,11). The number of halogens is 1. The molecular formula is C5H4FN3O4. The highest BCUT2D eigenvalue weighted by molar-refractivity contribution is 5.66. The topological polar surface area (TPSA) is 98.3 Å². The van der Waals surface area contributed by atoms with Crippen molar-refractivity contribution in [3.63, 3.8) is 0 Å². The highest BCUT2D eigenvalue weighted by atomic mass is 19.1. The first-order valence-electron chi connectivity index (χ1n) is 3.10. The van der Waals surface area contributed by atoms with Crippen LogP contribution < -0.4 is 0 Å².